The highest BCUT2D eigenvalue weighted by Gasteiger charge is 2.26. The van der Waals surface area contributed by atoms with E-state index in [1.165, 1.54) is 50.9 Å². The third kappa shape index (κ3) is 3.98. The highest BCUT2D eigenvalue weighted by Crippen LogP contribution is 2.46. The van der Waals surface area contributed by atoms with Gasteiger partial charge in [0.1, 0.15) is 0 Å². The number of hydrogen-bond acceptors (Lipinski definition) is 0. The summed E-state index contributed by atoms with van der Waals surface area (Å²) in [5.41, 5.74) is 10.8. The van der Waals surface area contributed by atoms with Crippen LogP contribution in [-0.4, -0.2) is 0 Å². The minimum absolute atomic E-state index is 0.534. The molecule has 0 radical (unpaired) electrons. The predicted molar refractivity (Wildman–Crippen MR) is 127 cm³/mol. The van der Waals surface area contributed by atoms with Gasteiger partial charge in [0.15, 0.2) is 0 Å². The third-order valence-electron chi connectivity index (χ3n) is 6.03. The van der Waals surface area contributed by atoms with Crippen molar-refractivity contribution in [2.45, 2.75) is 45.4 Å². The van der Waals surface area contributed by atoms with Gasteiger partial charge >= 0.3 is 0 Å². The summed E-state index contributed by atoms with van der Waals surface area (Å²) >= 11 is 0. The number of hydrogen-bond donors (Lipinski definition) is 0. The maximum absolute atomic E-state index is 4.38. The monoisotopic (exact) mass is 378 g/mol. The minimum atomic E-state index is 0.534. The van der Waals surface area contributed by atoms with Crippen molar-refractivity contribution in [1.82, 2.24) is 0 Å². The van der Waals surface area contributed by atoms with Crippen LogP contribution in [0, 0.1) is 0 Å². The second-order valence-corrected chi connectivity index (χ2v) is 8.06. The van der Waals surface area contributed by atoms with Crippen molar-refractivity contribution in [2.75, 3.05) is 0 Å². The van der Waals surface area contributed by atoms with Crippen molar-refractivity contribution in [3.05, 3.63) is 107 Å². The Morgan fingerprint density at radius 1 is 0.897 bits per heavy atom. The molecule has 0 aromatic heterocycles. The largest absolute Gasteiger partial charge is 0.0949 e. The van der Waals surface area contributed by atoms with Crippen LogP contribution in [0.25, 0.3) is 22.8 Å². The van der Waals surface area contributed by atoms with E-state index >= 15 is 0 Å². The van der Waals surface area contributed by atoms with Crippen molar-refractivity contribution in [2.24, 2.45) is 0 Å². The van der Waals surface area contributed by atoms with Crippen LogP contribution in [0.3, 0.4) is 0 Å². The fourth-order valence-electron chi connectivity index (χ4n) is 4.47. The molecular weight excluding hydrogens is 348 g/mol. The molecule has 0 N–H and O–H groups in total. The zero-order valence-corrected chi connectivity index (χ0v) is 17.6. The summed E-state index contributed by atoms with van der Waals surface area (Å²) in [6.07, 6.45) is 8.81. The molecule has 0 heterocycles. The molecule has 0 saturated heterocycles. The van der Waals surface area contributed by atoms with Crippen LogP contribution in [0.1, 0.15) is 66.8 Å². The molecule has 0 fully saturated rings. The average molecular weight is 379 g/mol. The number of benzene rings is 3. The number of allylic oxidation sites excluding steroid dienone is 2. The lowest BCUT2D eigenvalue weighted by Gasteiger charge is -2.12. The summed E-state index contributed by atoms with van der Waals surface area (Å²) < 4.78 is 0. The summed E-state index contributed by atoms with van der Waals surface area (Å²) in [5.74, 6) is 0.534. The van der Waals surface area contributed by atoms with E-state index in [0.29, 0.717) is 5.92 Å². The van der Waals surface area contributed by atoms with E-state index in [2.05, 4.69) is 99.3 Å². The molecule has 1 atom stereocenters. The second kappa shape index (κ2) is 8.66. The van der Waals surface area contributed by atoms with Crippen LogP contribution >= 0.6 is 0 Å². The molecule has 1 aliphatic rings. The molecule has 1 aliphatic carbocycles. The van der Waals surface area contributed by atoms with Crippen LogP contribution in [0.4, 0.5) is 0 Å². The van der Waals surface area contributed by atoms with E-state index in [1.807, 2.05) is 0 Å². The SMILES string of the molecule is C=C(Cc1ccc2c(c1)-c1ccccc1C2CC)c1ccc(/C=C/CCC)cc1. The van der Waals surface area contributed by atoms with E-state index < -0.39 is 0 Å². The summed E-state index contributed by atoms with van der Waals surface area (Å²) in [6.45, 7) is 8.87. The van der Waals surface area contributed by atoms with Gasteiger partial charge in [-0.2, -0.15) is 0 Å². The van der Waals surface area contributed by atoms with Crippen LogP contribution in [0.5, 0.6) is 0 Å². The van der Waals surface area contributed by atoms with Crippen LogP contribution < -0.4 is 0 Å². The van der Waals surface area contributed by atoms with Gasteiger partial charge < -0.3 is 0 Å². The molecule has 0 nitrogen and oxygen atoms in total. The zero-order valence-electron chi connectivity index (χ0n) is 17.6. The van der Waals surface area contributed by atoms with Crippen molar-refractivity contribution < 1.29 is 0 Å². The normalized spacial score (nSPS) is 14.8. The Morgan fingerprint density at radius 2 is 1.66 bits per heavy atom. The van der Waals surface area contributed by atoms with E-state index in [9.17, 15) is 0 Å². The molecule has 0 spiro atoms. The Balaban J connectivity index is 1.53. The first-order valence-corrected chi connectivity index (χ1v) is 10.9. The number of fused-ring (bicyclic) bond motifs is 3. The first-order chi connectivity index (χ1) is 14.2. The molecule has 4 rings (SSSR count). The topological polar surface area (TPSA) is 0 Å². The van der Waals surface area contributed by atoms with Crippen molar-refractivity contribution in [3.8, 4) is 11.1 Å². The smallest absolute Gasteiger partial charge is 0.00990 e. The van der Waals surface area contributed by atoms with E-state index in [0.717, 1.165) is 19.3 Å². The summed E-state index contributed by atoms with van der Waals surface area (Å²) in [5, 5.41) is 0. The molecule has 0 amide bonds. The first-order valence-electron chi connectivity index (χ1n) is 10.9. The Hall–Kier alpha value is -2.86. The maximum Gasteiger partial charge on any atom is 0.00990 e. The fraction of sp³-hybridized carbons (Fsp3) is 0.241. The highest BCUT2D eigenvalue weighted by atomic mass is 14.3. The molecule has 146 valence electrons. The Morgan fingerprint density at radius 3 is 2.41 bits per heavy atom. The van der Waals surface area contributed by atoms with Crippen LogP contribution in [0.15, 0.2) is 79.4 Å². The van der Waals surface area contributed by atoms with Gasteiger partial charge in [0.2, 0.25) is 0 Å². The molecule has 3 aromatic rings. The standard InChI is InChI=1S/C29H30/c1-4-6-7-10-22-13-16-24(17-14-22)21(3)19-23-15-18-28-25(5-2)26-11-8-9-12-27(26)29(28)20-23/h7-18,20,25H,3-6,19H2,1-2H3/b10-7+. The van der Waals surface area contributed by atoms with Gasteiger partial charge in [0.05, 0.1) is 0 Å². The number of rotatable bonds is 7. The van der Waals surface area contributed by atoms with Gasteiger partial charge in [0.25, 0.3) is 0 Å². The lowest BCUT2D eigenvalue weighted by molar-refractivity contribution is 0.797. The molecule has 1 unspecified atom stereocenters. The Labute approximate surface area is 175 Å². The molecule has 0 heteroatoms. The van der Waals surface area contributed by atoms with Gasteiger partial charge in [-0.05, 0) is 63.8 Å². The quantitative estimate of drug-likeness (QED) is 0.388. The van der Waals surface area contributed by atoms with Gasteiger partial charge in [0, 0.05) is 5.92 Å². The first kappa shape index (κ1) is 19.5. The fourth-order valence-corrected chi connectivity index (χ4v) is 4.47. The highest BCUT2D eigenvalue weighted by molar-refractivity contribution is 5.80. The number of unbranched alkanes of at least 4 members (excludes halogenated alkanes) is 1. The zero-order chi connectivity index (χ0) is 20.2. The van der Waals surface area contributed by atoms with Crippen molar-refractivity contribution in [3.63, 3.8) is 0 Å². The molecule has 29 heavy (non-hydrogen) atoms. The van der Waals surface area contributed by atoms with Gasteiger partial charge in [-0.3, -0.25) is 0 Å². The summed E-state index contributed by atoms with van der Waals surface area (Å²) in [4.78, 5) is 0. The Bertz CT molecular complexity index is 1030. The van der Waals surface area contributed by atoms with Gasteiger partial charge in [-0.1, -0.05) is 106 Å². The van der Waals surface area contributed by atoms with Gasteiger partial charge in [-0.15, -0.1) is 0 Å². The minimum Gasteiger partial charge on any atom is -0.0949 e. The van der Waals surface area contributed by atoms with E-state index in [-0.39, 0.29) is 0 Å². The summed E-state index contributed by atoms with van der Waals surface area (Å²) in [6, 6.07) is 24.7. The predicted octanol–water partition coefficient (Wildman–Crippen LogP) is 8.28. The van der Waals surface area contributed by atoms with E-state index in [1.54, 1.807) is 0 Å². The van der Waals surface area contributed by atoms with Crippen molar-refractivity contribution in [1.29, 1.82) is 0 Å². The second-order valence-electron chi connectivity index (χ2n) is 8.06. The molecular formula is C29H30. The van der Waals surface area contributed by atoms with Crippen LogP contribution in [0.2, 0.25) is 0 Å². The molecule has 0 bridgehead atoms. The molecule has 0 aliphatic heterocycles. The van der Waals surface area contributed by atoms with Crippen molar-refractivity contribution >= 4 is 11.6 Å². The maximum atomic E-state index is 4.38. The lowest BCUT2D eigenvalue weighted by Crippen LogP contribution is -1.95. The Kier molecular flexibility index (Phi) is 5.81. The molecule has 3 aromatic carbocycles. The van der Waals surface area contributed by atoms with E-state index in [4.69, 9.17) is 0 Å². The average Bonchev–Trinajstić information content (AvgIpc) is 3.07. The third-order valence-corrected chi connectivity index (χ3v) is 6.03. The lowest BCUT2D eigenvalue weighted by atomic mass is 9.92. The van der Waals surface area contributed by atoms with Crippen LogP contribution in [-0.2, 0) is 6.42 Å². The van der Waals surface area contributed by atoms with Gasteiger partial charge in [-0.25, -0.2) is 0 Å². The summed E-state index contributed by atoms with van der Waals surface area (Å²) in [7, 11) is 0. The molecule has 0 saturated carbocycles.